The van der Waals surface area contributed by atoms with Gasteiger partial charge < -0.3 is 5.32 Å². The van der Waals surface area contributed by atoms with Gasteiger partial charge >= 0.3 is 0 Å². The van der Waals surface area contributed by atoms with Gasteiger partial charge in [0, 0.05) is 11.0 Å². The molecule has 31 heavy (non-hydrogen) atoms. The SMILES string of the molecule is N#CC1C(=O)N=C(SCC(=O)NC23CC4CC(CC(C4)C2)C3)C(C#N)C12CCCCC2. The third kappa shape index (κ3) is 3.59. The number of hydrogen-bond donors (Lipinski definition) is 1. The van der Waals surface area contributed by atoms with Crippen LogP contribution in [0.3, 0.4) is 0 Å². The van der Waals surface area contributed by atoms with Gasteiger partial charge in [-0.25, -0.2) is 4.99 Å². The minimum Gasteiger partial charge on any atom is -0.350 e. The fraction of sp³-hybridized carbons (Fsp3) is 0.792. The molecule has 164 valence electrons. The van der Waals surface area contributed by atoms with Gasteiger partial charge in [0.25, 0.3) is 5.91 Å². The van der Waals surface area contributed by atoms with Crippen molar-refractivity contribution in [2.75, 3.05) is 5.75 Å². The predicted molar refractivity (Wildman–Crippen MR) is 118 cm³/mol. The second-order valence-corrected chi connectivity index (χ2v) is 11.7. The highest BCUT2D eigenvalue weighted by molar-refractivity contribution is 8.14. The van der Waals surface area contributed by atoms with Gasteiger partial charge in [-0.05, 0) is 69.1 Å². The number of nitrogens with one attached hydrogen (secondary N) is 1. The largest absolute Gasteiger partial charge is 0.350 e. The van der Waals surface area contributed by atoms with Crippen LogP contribution in [0.1, 0.15) is 70.6 Å². The summed E-state index contributed by atoms with van der Waals surface area (Å²) < 4.78 is 0. The average molecular weight is 439 g/mol. The van der Waals surface area contributed by atoms with Crippen LogP contribution in [-0.2, 0) is 9.59 Å². The molecule has 6 aliphatic rings. The molecule has 0 aromatic heterocycles. The van der Waals surface area contributed by atoms with E-state index in [9.17, 15) is 20.1 Å². The monoisotopic (exact) mass is 438 g/mol. The van der Waals surface area contributed by atoms with E-state index in [2.05, 4.69) is 22.4 Å². The Morgan fingerprint density at radius 3 is 2.13 bits per heavy atom. The molecule has 5 saturated carbocycles. The number of rotatable bonds is 3. The third-order valence-electron chi connectivity index (χ3n) is 8.70. The zero-order valence-electron chi connectivity index (χ0n) is 17.9. The standard InChI is InChI=1S/C24H30N4O2S/c25-12-18-21(30)27-22(19(13-26)24(18)4-2-1-3-5-24)31-14-20(29)28-23-9-15-6-16(10-23)8-17(7-15)11-23/h15-19H,1-11,14H2,(H,28,29). The summed E-state index contributed by atoms with van der Waals surface area (Å²) in [5, 5.41) is 23.5. The number of carbonyl (C=O) groups excluding carboxylic acids is 2. The molecule has 1 spiro atoms. The zero-order valence-corrected chi connectivity index (χ0v) is 18.8. The summed E-state index contributed by atoms with van der Waals surface area (Å²) >= 11 is 1.24. The number of thioether (sulfide) groups is 1. The Kier molecular flexibility index (Phi) is 5.37. The van der Waals surface area contributed by atoms with Crippen LogP contribution in [-0.4, -0.2) is 28.1 Å². The van der Waals surface area contributed by atoms with E-state index in [0.29, 0.717) is 17.9 Å². The van der Waals surface area contributed by atoms with Gasteiger partial charge in [0.2, 0.25) is 5.91 Å². The van der Waals surface area contributed by atoms with E-state index in [-0.39, 0.29) is 17.2 Å². The van der Waals surface area contributed by atoms with Crippen molar-refractivity contribution in [2.45, 2.75) is 76.2 Å². The number of nitriles is 2. The molecule has 0 radical (unpaired) electrons. The van der Waals surface area contributed by atoms with E-state index in [1.54, 1.807) is 0 Å². The Morgan fingerprint density at radius 2 is 1.58 bits per heavy atom. The van der Waals surface area contributed by atoms with Crippen LogP contribution in [0.2, 0.25) is 0 Å². The van der Waals surface area contributed by atoms with Crippen molar-refractivity contribution >= 4 is 28.6 Å². The van der Waals surface area contributed by atoms with Gasteiger partial charge in [-0.15, -0.1) is 0 Å². The fourth-order valence-corrected chi connectivity index (χ4v) is 8.86. The van der Waals surface area contributed by atoms with Gasteiger partial charge in [-0.1, -0.05) is 31.0 Å². The normalized spacial score (nSPS) is 40.1. The maximum absolute atomic E-state index is 12.9. The molecule has 4 bridgehead atoms. The number of amides is 2. The smallest absolute Gasteiger partial charge is 0.264 e. The van der Waals surface area contributed by atoms with Crippen LogP contribution in [0.15, 0.2) is 4.99 Å². The lowest BCUT2D eigenvalue weighted by molar-refractivity contribution is -0.126. The highest BCUT2D eigenvalue weighted by Crippen LogP contribution is 2.56. The molecule has 5 aliphatic carbocycles. The molecule has 0 aromatic carbocycles. The number of aliphatic imine (C=N–C) groups is 1. The molecule has 7 heteroatoms. The summed E-state index contributed by atoms with van der Waals surface area (Å²) in [4.78, 5) is 29.8. The minimum absolute atomic E-state index is 0.0149. The fourth-order valence-electron chi connectivity index (χ4n) is 7.90. The first-order valence-electron chi connectivity index (χ1n) is 11.8. The molecule has 2 unspecified atom stereocenters. The number of nitrogens with zero attached hydrogens (tertiary/aromatic N) is 3. The maximum atomic E-state index is 12.9. The molecule has 1 N–H and O–H groups in total. The third-order valence-corrected chi connectivity index (χ3v) is 9.73. The molecule has 1 heterocycles. The van der Waals surface area contributed by atoms with E-state index in [1.807, 2.05) is 0 Å². The average Bonchev–Trinajstić information content (AvgIpc) is 2.71. The molecule has 1 aliphatic heterocycles. The molecule has 6 rings (SSSR count). The van der Waals surface area contributed by atoms with Crippen molar-refractivity contribution < 1.29 is 9.59 Å². The van der Waals surface area contributed by atoms with Crippen LogP contribution < -0.4 is 5.32 Å². The molecule has 2 atom stereocenters. The Hall–Kier alpha value is -1.86. The van der Waals surface area contributed by atoms with Gasteiger partial charge in [0.05, 0.1) is 22.9 Å². The van der Waals surface area contributed by atoms with Gasteiger partial charge in [0.1, 0.15) is 11.8 Å². The van der Waals surface area contributed by atoms with Crippen LogP contribution in [0.4, 0.5) is 0 Å². The Morgan fingerprint density at radius 1 is 1.00 bits per heavy atom. The van der Waals surface area contributed by atoms with Crippen LogP contribution in [0.5, 0.6) is 0 Å². The quantitative estimate of drug-likeness (QED) is 0.717. The van der Waals surface area contributed by atoms with Crippen molar-refractivity contribution in [3.05, 3.63) is 0 Å². The molecular formula is C24H30N4O2S. The second-order valence-electron chi connectivity index (χ2n) is 10.7. The van der Waals surface area contributed by atoms with Gasteiger partial charge in [-0.2, -0.15) is 10.5 Å². The zero-order chi connectivity index (χ0) is 21.6. The summed E-state index contributed by atoms with van der Waals surface area (Å²) in [7, 11) is 0. The van der Waals surface area contributed by atoms with Crippen LogP contribution in [0.25, 0.3) is 0 Å². The Labute approximate surface area is 188 Å². The summed E-state index contributed by atoms with van der Waals surface area (Å²) in [5.74, 6) is 0.595. The topological polar surface area (TPSA) is 106 Å². The molecule has 6 nitrogen and oxygen atoms in total. The van der Waals surface area contributed by atoms with Crippen molar-refractivity contribution in [1.82, 2.24) is 5.32 Å². The van der Waals surface area contributed by atoms with Crippen molar-refractivity contribution in [3.8, 4) is 12.1 Å². The van der Waals surface area contributed by atoms with E-state index < -0.39 is 23.2 Å². The number of carbonyl (C=O) groups is 2. The first kappa shape index (κ1) is 21.0. The second kappa shape index (κ2) is 7.93. The van der Waals surface area contributed by atoms with E-state index >= 15 is 0 Å². The highest BCUT2D eigenvalue weighted by Gasteiger charge is 2.55. The first-order chi connectivity index (χ1) is 15.0. The van der Waals surface area contributed by atoms with E-state index in [0.717, 1.165) is 56.3 Å². The molecule has 0 saturated heterocycles. The van der Waals surface area contributed by atoms with Gasteiger partial charge in [0.15, 0.2) is 0 Å². The predicted octanol–water partition coefficient (Wildman–Crippen LogP) is 3.97. The minimum atomic E-state index is -0.845. The Bertz CT molecular complexity index is 857. The summed E-state index contributed by atoms with van der Waals surface area (Å²) in [5.41, 5.74) is -0.680. The highest BCUT2D eigenvalue weighted by atomic mass is 32.2. The molecule has 0 aromatic rings. The van der Waals surface area contributed by atoms with E-state index in [1.165, 1.54) is 31.0 Å². The summed E-state index contributed by atoms with van der Waals surface area (Å²) in [6, 6.07) is 4.52. The van der Waals surface area contributed by atoms with Crippen LogP contribution >= 0.6 is 11.8 Å². The lowest BCUT2D eigenvalue weighted by Crippen LogP contribution is -2.60. The molecular weight excluding hydrogens is 408 g/mol. The summed E-state index contributed by atoms with van der Waals surface area (Å²) in [6.45, 7) is 0. The van der Waals surface area contributed by atoms with Crippen molar-refractivity contribution in [2.24, 2.45) is 40.0 Å². The Balaban J connectivity index is 1.28. The van der Waals surface area contributed by atoms with Crippen LogP contribution in [0, 0.1) is 57.7 Å². The molecule has 5 fully saturated rings. The summed E-state index contributed by atoms with van der Waals surface area (Å²) in [6.07, 6.45) is 11.6. The van der Waals surface area contributed by atoms with Crippen molar-refractivity contribution in [1.29, 1.82) is 10.5 Å². The first-order valence-corrected chi connectivity index (χ1v) is 12.8. The van der Waals surface area contributed by atoms with E-state index in [4.69, 9.17) is 0 Å². The molecule has 2 amide bonds. The maximum Gasteiger partial charge on any atom is 0.264 e. The lowest BCUT2D eigenvalue weighted by Gasteiger charge is -2.56. The lowest BCUT2D eigenvalue weighted by atomic mass is 9.53. The number of hydrogen-bond acceptors (Lipinski definition) is 5. The van der Waals surface area contributed by atoms with Crippen molar-refractivity contribution in [3.63, 3.8) is 0 Å². The van der Waals surface area contributed by atoms with Gasteiger partial charge in [-0.3, -0.25) is 9.59 Å².